The van der Waals surface area contributed by atoms with Crippen LogP contribution in [0, 0.1) is 0 Å². The summed E-state index contributed by atoms with van der Waals surface area (Å²) >= 11 is 0. The molecule has 0 N–H and O–H groups in total. The monoisotopic (exact) mass is 400 g/mol. The third-order valence-corrected chi connectivity index (χ3v) is 7.49. The molecule has 0 spiro atoms. The molecule has 0 bridgehead atoms. The average molecular weight is 400 g/mol. The molecule has 0 amide bonds. The van der Waals surface area contributed by atoms with Gasteiger partial charge in [-0.25, -0.2) is 0 Å². The zero-order chi connectivity index (χ0) is 19.8. The molecule has 0 saturated carbocycles. The van der Waals surface area contributed by atoms with Crippen molar-refractivity contribution in [1.29, 1.82) is 0 Å². The van der Waals surface area contributed by atoms with Gasteiger partial charge in [-0.1, -0.05) is 75.4 Å². The number of benzene rings is 2. The Hall–Kier alpha value is -2.06. The minimum atomic E-state index is -3.15. The van der Waals surface area contributed by atoms with Gasteiger partial charge in [-0.05, 0) is 24.1 Å². The van der Waals surface area contributed by atoms with E-state index in [1.165, 1.54) is 25.7 Å². The number of hydrogen-bond acceptors (Lipinski definition) is 4. The predicted molar refractivity (Wildman–Crippen MR) is 114 cm³/mol. The fraction of sp³-hybridized carbons (Fsp3) is 0.435. The lowest BCUT2D eigenvalue weighted by Crippen LogP contribution is -2.21. The molecular formula is C23H29O4P. The largest absolute Gasteiger partial charge is 0.466 e. The minimum absolute atomic E-state index is 0.101. The zero-order valence-electron chi connectivity index (χ0n) is 16.6. The van der Waals surface area contributed by atoms with Gasteiger partial charge < -0.3 is 9.26 Å². The Morgan fingerprint density at radius 2 is 1.61 bits per heavy atom. The smallest absolute Gasteiger partial charge is 0.306 e. The molecule has 2 aromatic rings. The van der Waals surface area contributed by atoms with Crippen LogP contribution in [-0.2, 0) is 14.1 Å². The van der Waals surface area contributed by atoms with Crippen molar-refractivity contribution in [3.8, 4) is 16.9 Å². The van der Waals surface area contributed by atoms with Gasteiger partial charge >= 0.3 is 5.97 Å². The van der Waals surface area contributed by atoms with Gasteiger partial charge in [0.2, 0.25) is 0 Å². The average Bonchev–Trinajstić information content (AvgIpc) is 2.72. The SMILES string of the molecule is CCCCCCCCOC(=O)CCP1(=O)Oc2ccccc2-c2ccccc21. The summed E-state index contributed by atoms with van der Waals surface area (Å²) in [5.41, 5.74) is 1.86. The molecule has 0 fully saturated rings. The topological polar surface area (TPSA) is 52.6 Å². The molecule has 0 aliphatic carbocycles. The van der Waals surface area contributed by atoms with Gasteiger partial charge in [0, 0.05) is 11.7 Å². The number of para-hydroxylation sites is 1. The summed E-state index contributed by atoms with van der Waals surface area (Å²) in [5.74, 6) is 0.314. The summed E-state index contributed by atoms with van der Waals surface area (Å²) in [6.45, 7) is 2.63. The Labute approximate surface area is 167 Å². The maximum Gasteiger partial charge on any atom is 0.306 e. The number of carbonyl (C=O) groups is 1. The summed E-state index contributed by atoms with van der Waals surface area (Å²) in [6.07, 6.45) is 7.15. The highest BCUT2D eigenvalue weighted by molar-refractivity contribution is 7.67. The lowest BCUT2D eigenvalue weighted by Gasteiger charge is -2.28. The van der Waals surface area contributed by atoms with Crippen LogP contribution in [-0.4, -0.2) is 18.7 Å². The fourth-order valence-electron chi connectivity index (χ4n) is 3.52. The van der Waals surface area contributed by atoms with Crippen molar-refractivity contribution in [3.05, 3.63) is 48.5 Å². The molecule has 0 aromatic heterocycles. The second kappa shape index (κ2) is 9.93. The van der Waals surface area contributed by atoms with Crippen LogP contribution in [0.25, 0.3) is 11.1 Å². The zero-order valence-corrected chi connectivity index (χ0v) is 17.5. The van der Waals surface area contributed by atoms with Gasteiger partial charge in [0.15, 0.2) is 0 Å². The molecule has 2 aromatic carbocycles. The fourth-order valence-corrected chi connectivity index (χ4v) is 5.78. The molecule has 28 heavy (non-hydrogen) atoms. The Balaban J connectivity index is 1.54. The van der Waals surface area contributed by atoms with Gasteiger partial charge in [-0.15, -0.1) is 0 Å². The first kappa shape index (κ1) is 20.7. The Bertz CT molecular complexity index is 846. The van der Waals surface area contributed by atoms with E-state index >= 15 is 0 Å². The van der Waals surface area contributed by atoms with Gasteiger partial charge in [0.05, 0.1) is 18.3 Å². The molecule has 5 heteroatoms. The first-order valence-corrected chi connectivity index (χ1v) is 12.1. The summed E-state index contributed by atoms with van der Waals surface area (Å²) < 4.78 is 24.8. The summed E-state index contributed by atoms with van der Waals surface area (Å²) in [7, 11) is -3.15. The Morgan fingerprint density at radius 1 is 0.929 bits per heavy atom. The molecule has 1 heterocycles. The van der Waals surface area contributed by atoms with Gasteiger partial charge in [0.1, 0.15) is 5.75 Å². The molecule has 0 saturated heterocycles. The number of hydrogen-bond donors (Lipinski definition) is 0. The van der Waals surface area contributed by atoms with Crippen molar-refractivity contribution in [2.45, 2.75) is 51.9 Å². The van der Waals surface area contributed by atoms with Crippen molar-refractivity contribution in [2.24, 2.45) is 0 Å². The first-order chi connectivity index (χ1) is 13.6. The molecule has 1 atom stereocenters. The van der Waals surface area contributed by atoms with E-state index < -0.39 is 7.37 Å². The number of fused-ring (bicyclic) bond motifs is 3. The van der Waals surface area contributed by atoms with E-state index in [-0.39, 0.29) is 18.6 Å². The van der Waals surface area contributed by atoms with Crippen LogP contribution in [0.1, 0.15) is 51.9 Å². The number of ether oxygens (including phenoxy) is 1. The summed E-state index contributed by atoms with van der Waals surface area (Å²) in [4.78, 5) is 12.1. The van der Waals surface area contributed by atoms with E-state index in [0.717, 1.165) is 24.0 Å². The number of esters is 1. The van der Waals surface area contributed by atoms with Crippen LogP contribution in [0.15, 0.2) is 48.5 Å². The van der Waals surface area contributed by atoms with Crippen molar-refractivity contribution in [2.75, 3.05) is 12.8 Å². The number of rotatable bonds is 10. The lowest BCUT2D eigenvalue weighted by atomic mass is 10.0. The van der Waals surface area contributed by atoms with Gasteiger partial charge in [0.25, 0.3) is 7.37 Å². The summed E-state index contributed by atoms with van der Waals surface area (Å²) in [5, 5.41) is 0.692. The number of carbonyl (C=O) groups excluding carboxylic acids is 1. The van der Waals surface area contributed by atoms with Crippen molar-refractivity contribution in [3.63, 3.8) is 0 Å². The highest BCUT2D eigenvalue weighted by Gasteiger charge is 2.36. The second-order valence-electron chi connectivity index (χ2n) is 7.24. The standard InChI is InChI=1S/C23H29O4P/c1-2-3-4-5-6-11-17-26-23(24)16-18-28(25)22-15-10-8-13-20(22)19-12-7-9-14-21(19)27-28/h7-10,12-15H,2-6,11,16-18H2,1H3. The Morgan fingerprint density at radius 3 is 2.43 bits per heavy atom. The molecule has 1 aliphatic rings. The third kappa shape index (κ3) is 5.05. The van der Waals surface area contributed by atoms with Crippen LogP contribution in [0.4, 0.5) is 0 Å². The first-order valence-electron chi connectivity index (χ1n) is 10.3. The number of unbranched alkanes of at least 4 members (excludes halogenated alkanes) is 5. The molecule has 3 rings (SSSR count). The molecule has 4 nitrogen and oxygen atoms in total. The van der Waals surface area contributed by atoms with E-state index in [4.69, 9.17) is 9.26 Å². The van der Waals surface area contributed by atoms with Gasteiger partial charge in [-0.2, -0.15) is 0 Å². The molecule has 1 unspecified atom stereocenters. The maximum atomic E-state index is 13.6. The van der Waals surface area contributed by atoms with E-state index in [9.17, 15) is 9.36 Å². The minimum Gasteiger partial charge on any atom is -0.466 e. The quantitative estimate of drug-likeness (QED) is 0.281. The maximum absolute atomic E-state index is 13.6. The van der Waals surface area contributed by atoms with Crippen molar-refractivity contribution >= 4 is 18.6 Å². The Kier molecular flexibility index (Phi) is 7.33. The summed E-state index contributed by atoms with van der Waals surface area (Å²) in [6, 6.07) is 15.2. The second-order valence-corrected chi connectivity index (χ2v) is 9.70. The van der Waals surface area contributed by atoms with E-state index in [1.807, 2.05) is 48.5 Å². The van der Waals surface area contributed by atoms with Crippen LogP contribution < -0.4 is 9.83 Å². The van der Waals surface area contributed by atoms with E-state index in [1.54, 1.807) is 0 Å². The van der Waals surface area contributed by atoms with E-state index in [2.05, 4.69) is 6.92 Å². The van der Waals surface area contributed by atoms with Crippen molar-refractivity contribution < 1.29 is 18.6 Å². The van der Waals surface area contributed by atoms with Crippen LogP contribution in [0.3, 0.4) is 0 Å². The predicted octanol–water partition coefficient (Wildman–Crippen LogP) is 5.94. The van der Waals surface area contributed by atoms with Crippen LogP contribution in [0.5, 0.6) is 5.75 Å². The van der Waals surface area contributed by atoms with Crippen molar-refractivity contribution in [1.82, 2.24) is 0 Å². The highest BCUT2D eigenvalue weighted by Crippen LogP contribution is 2.54. The molecule has 0 radical (unpaired) electrons. The normalized spacial score (nSPS) is 17.3. The molecular weight excluding hydrogens is 371 g/mol. The molecule has 1 aliphatic heterocycles. The highest BCUT2D eigenvalue weighted by atomic mass is 31.2. The van der Waals surface area contributed by atoms with Crippen LogP contribution in [0.2, 0.25) is 0 Å². The molecule has 150 valence electrons. The van der Waals surface area contributed by atoms with Crippen LogP contribution >= 0.6 is 7.37 Å². The lowest BCUT2D eigenvalue weighted by molar-refractivity contribution is -0.143. The van der Waals surface area contributed by atoms with Gasteiger partial charge in [-0.3, -0.25) is 9.36 Å². The third-order valence-electron chi connectivity index (χ3n) is 5.07. The van der Waals surface area contributed by atoms with E-state index in [0.29, 0.717) is 17.7 Å².